The third-order valence-corrected chi connectivity index (χ3v) is 2.44. The highest BCUT2D eigenvalue weighted by molar-refractivity contribution is 5.95. The van der Waals surface area contributed by atoms with Gasteiger partial charge < -0.3 is 15.2 Å². The SMILES string of the molecule is CC(=O)Nc1ccc(C(=O)NCc2nc(C)no2)cc1. The summed E-state index contributed by atoms with van der Waals surface area (Å²) in [6, 6.07) is 6.57. The second-order valence-corrected chi connectivity index (χ2v) is 4.18. The molecule has 0 radical (unpaired) electrons. The maximum Gasteiger partial charge on any atom is 0.251 e. The highest BCUT2D eigenvalue weighted by Crippen LogP contribution is 2.09. The van der Waals surface area contributed by atoms with Crippen LogP contribution in [-0.4, -0.2) is 22.0 Å². The third kappa shape index (κ3) is 3.64. The molecule has 7 nitrogen and oxygen atoms in total. The second-order valence-electron chi connectivity index (χ2n) is 4.18. The average Bonchev–Trinajstić information content (AvgIpc) is 2.82. The zero-order chi connectivity index (χ0) is 14.5. The maximum atomic E-state index is 11.9. The third-order valence-electron chi connectivity index (χ3n) is 2.44. The van der Waals surface area contributed by atoms with E-state index >= 15 is 0 Å². The highest BCUT2D eigenvalue weighted by Gasteiger charge is 2.08. The van der Waals surface area contributed by atoms with E-state index in [2.05, 4.69) is 20.8 Å². The van der Waals surface area contributed by atoms with Crippen molar-refractivity contribution in [2.75, 3.05) is 5.32 Å². The standard InChI is InChI=1S/C13H14N4O3/c1-8-15-12(20-17-8)7-14-13(19)10-3-5-11(6-4-10)16-9(2)18/h3-6H,7H2,1-2H3,(H,14,19)(H,16,18). The molecule has 0 fully saturated rings. The van der Waals surface area contributed by atoms with Gasteiger partial charge in [0.2, 0.25) is 11.8 Å². The molecular formula is C13H14N4O3. The minimum absolute atomic E-state index is 0.158. The molecule has 0 atom stereocenters. The summed E-state index contributed by atoms with van der Waals surface area (Å²) in [7, 11) is 0. The smallest absolute Gasteiger partial charge is 0.251 e. The molecule has 104 valence electrons. The normalized spacial score (nSPS) is 10.1. The van der Waals surface area contributed by atoms with E-state index in [1.807, 2.05) is 0 Å². The molecule has 0 saturated carbocycles. The number of hydrogen-bond acceptors (Lipinski definition) is 5. The predicted octanol–water partition coefficient (Wildman–Crippen LogP) is 1.27. The fourth-order valence-electron chi connectivity index (χ4n) is 1.58. The van der Waals surface area contributed by atoms with Crippen LogP contribution in [0.4, 0.5) is 5.69 Å². The molecule has 0 spiro atoms. The highest BCUT2D eigenvalue weighted by atomic mass is 16.5. The molecule has 0 aliphatic carbocycles. The number of hydrogen-bond donors (Lipinski definition) is 2. The van der Waals surface area contributed by atoms with Gasteiger partial charge in [-0.2, -0.15) is 4.98 Å². The summed E-state index contributed by atoms with van der Waals surface area (Å²) in [4.78, 5) is 26.7. The van der Waals surface area contributed by atoms with Crippen LogP contribution in [0.1, 0.15) is 29.0 Å². The number of aryl methyl sites for hydroxylation is 1. The van der Waals surface area contributed by atoms with Crippen molar-refractivity contribution in [3.63, 3.8) is 0 Å². The fraction of sp³-hybridized carbons (Fsp3) is 0.231. The van der Waals surface area contributed by atoms with Crippen LogP contribution in [-0.2, 0) is 11.3 Å². The van der Waals surface area contributed by atoms with Gasteiger partial charge in [0.15, 0.2) is 5.82 Å². The lowest BCUT2D eigenvalue weighted by Crippen LogP contribution is -2.22. The predicted molar refractivity (Wildman–Crippen MR) is 71.0 cm³/mol. The van der Waals surface area contributed by atoms with Crippen LogP contribution in [0.25, 0.3) is 0 Å². The number of benzene rings is 1. The van der Waals surface area contributed by atoms with E-state index in [1.165, 1.54) is 6.92 Å². The Kier molecular flexibility index (Phi) is 4.09. The van der Waals surface area contributed by atoms with Crippen LogP contribution in [0.2, 0.25) is 0 Å². The second kappa shape index (κ2) is 5.96. The van der Waals surface area contributed by atoms with E-state index in [1.54, 1.807) is 31.2 Å². The van der Waals surface area contributed by atoms with Gasteiger partial charge in [-0.1, -0.05) is 5.16 Å². The number of carbonyl (C=O) groups is 2. The summed E-state index contributed by atoms with van der Waals surface area (Å²) in [6.07, 6.45) is 0. The van der Waals surface area contributed by atoms with Gasteiger partial charge in [-0.25, -0.2) is 0 Å². The van der Waals surface area contributed by atoms with E-state index in [0.717, 1.165) is 0 Å². The molecular weight excluding hydrogens is 260 g/mol. The van der Waals surface area contributed by atoms with E-state index in [9.17, 15) is 9.59 Å². The molecule has 2 aromatic rings. The van der Waals surface area contributed by atoms with Crippen LogP contribution < -0.4 is 10.6 Å². The minimum Gasteiger partial charge on any atom is -0.343 e. The number of nitrogens with one attached hydrogen (secondary N) is 2. The molecule has 0 saturated heterocycles. The largest absolute Gasteiger partial charge is 0.343 e. The topological polar surface area (TPSA) is 97.1 Å². The Bertz CT molecular complexity index is 619. The van der Waals surface area contributed by atoms with Gasteiger partial charge in [-0.3, -0.25) is 9.59 Å². The minimum atomic E-state index is -0.254. The quantitative estimate of drug-likeness (QED) is 0.875. The van der Waals surface area contributed by atoms with Crippen LogP contribution in [0.15, 0.2) is 28.8 Å². The summed E-state index contributed by atoms with van der Waals surface area (Å²) in [6.45, 7) is 3.30. The zero-order valence-electron chi connectivity index (χ0n) is 11.1. The van der Waals surface area contributed by atoms with Gasteiger partial charge in [0.25, 0.3) is 5.91 Å². The number of carbonyl (C=O) groups excluding carboxylic acids is 2. The Hall–Kier alpha value is -2.70. The van der Waals surface area contributed by atoms with Crippen molar-refractivity contribution in [1.82, 2.24) is 15.5 Å². The van der Waals surface area contributed by atoms with Crippen LogP contribution >= 0.6 is 0 Å². The van der Waals surface area contributed by atoms with Crippen molar-refractivity contribution in [1.29, 1.82) is 0 Å². The van der Waals surface area contributed by atoms with Crippen molar-refractivity contribution < 1.29 is 14.1 Å². The van der Waals surface area contributed by atoms with Gasteiger partial charge in [0.1, 0.15) is 0 Å². The van der Waals surface area contributed by atoms with Crippen molar-refractivity contribution in [3.8, 4) is 0 Å². The number of anilines is 1. The first-order chi connectivity index (χ1) is 9.54. The van der Waals surface area contributed by atoms with Gasteiger partial charge in [-0.15, -0.1) is 0 Å². The molecule has 2 amide bonds. The Labute approximate surface area is 115 Å². The summed E-state index contributed by atoms with van der Waals surface area (Å²) < 4.78 is 4.89. The molecule has 0 aliphatic rings. The fourth-order valence-corrected chi connectivity index (χ4v) is 1.58. The molecule has 20 heavy (non-hydrogen) atoms. The first-order valence-corrected chi connectivity index (χ1v) is 5.99. The van der Waals surface area contributed by atoms with E-state index < -0.39 is 0 Å². The van der Waals surface area contributed by atoms with Crippen molar-refractivity contribution >= 4 is 17.5 Å². The molecule has 1 aromatic heterocycles. The molecule has 2 rings (SSSR count). The molecule has 1 aromatic carbocycles. The Morgan fingerprint density at radius 1 is 1.25 bits per heavy atom. The van der Waals surface area contributed by atoms with Crippen molar-refractivity contribution in [2.45, 2.75) is 20.4 Å². The van der Waals surface area contributed by atoms with E-state index in [0.29, 0.717) is 23.0 Å². The zero-order valence-corrected chi connectivity index (χ0v) is 11.1. The molecule has 7 heteroatoms. The lowest BCUT2D eigenvalue weighted by molar-refractivity contribution is -0.114. The summed E-state index contributed by atoms with van der Waals surface area (Å²) in [5.74, 6) is 0.462. The summed E-state index contributed by atoms with van der Waals surface area (Å²) in [5.41, 5.74) is 1.12. The monoisotopic (exact) mass is 274 g/mol. The van der Waals surface area contributed by atoms with Crippen LogP contribution in [0.3, 0.4) is 0 Å². The number of amides is 2. The van der Waals surface area contributed by atoms with Gasteiger partial charge in [0, 0.05) is 18.2 Å². The van der Waals surface area contributed by atoms with Gasteiger partial charge in [-0.05, 0) is 31.2 Å². The first kappa shape index (κ1) is 13.7. The maximum absolute atomic E-state index is 11.9. The van der Waals surface area contributed by atoms with Crippen LogP contribution in [0, 0.1) is 6.92 Å². The van der Waals surface area contributed by atoms with Crippen molar-refractivity contribution in [2.24, 2.45) is 0 Å². The Balaban J connectivity index is 1.93. The number of rotatable bonds is 4. The van der Waals surface area contributed by atoms with Gasteiger partial charge >= 0.3 is 0 Å². The van der Waals surface area contributed by atoms with E-state index in [-0.39, 0.29) is 18.4 Å². The van der Waals surface area contributed by atoms with E-state index in [4.69, 9.17) is 4.52 Å². The molecule has 0 bridgehead atoms. The Morgan fingerprint density at radius 2 is 1.95 bits per heavy atom. The summed E-state index contributed by atoms with van der Waals surface area (Å²) >= 11 is 0. The average molecular weight is 274 g/mol. The first-order valence-electron chi connectivity index (χ1n) is 5.99. The molecule has 0 unspecified atom stereocenters. The van der Waals surface area contributed by atoms with Gasteiger partial charge in [0.05, 0.1) is 6.54 Å². The Morgan fingerprint density at radius 3 is 2.50 bits per heavy atom. The molecule has 2 N–H and O–H groups in total. The molecule has 1 heterocycles. The summed E-state index contributed by atoms with van der Waals surface area (Å²) in [5, 5.41) is 8.92. The van der Waals surface area contributed by atoms with Crippen LogP contribution in [0.5, 0.6) is 0 Å². The lowest BCUT2D eigenvalue weighted by atomic mass is 10.2. The number of nitrogens with zero attached hydrogens (tertiary/aromatic N) is 2. The number of aromatic nitrogens is 2. The van der Waals surface area contributed by atoms with Crippen molar-refractivity contribution in [3.05, 3.63) is 41.5 Å². The lowest BCUT2D eigenvalue weighted by Gasteiger charge is -2.04. The molecule has 0 aliphatic heterocycles.